The van der Waals surface area contributed by atoms with Crippen molar-refractivity contribution in [1.82, 2.24) is 15.1 Å². The fourth-order valence-electron chi connectivity index (χ4n) is 2.20. The maximum absolute atomic E-state index is 12.4. The van der Waals surface area contributed by atoms with Gasteiger partial charge in [-0.1, -0.05) is 17.3 Å². The second-order valence-electron chi connectivity index (χ2n) is 4.80. The van der Waals surface area contributed by atoms with Gasteiger partial charge in [0.25, 0.3) is 10.0 Å². The number of aryl methyl sites for hydroxylation is 2. The van der Waals surface area contributed by atoms with E-state index < -0.39 is 10.0 Å². The molecule has 0 aliphatic rings. The van der Waals surface area contributed by atoms with Gasteiger partial charge in [-0.15, -0.1) is 0 Å². The second-order valence-corrected chi connectivity index (χ2v) is 6.42. The van der Waals surface area contributed by atoms with E-state index in [0.29, 0.717) is 11.4 Å². The van der Waals surface area contributed by atoms with E-state index in [2.05, 4.69) is 19.8 Å². The van der Waals surface area contributed by atoms with Crippen molar-refractivity contribution in [2.24, 2.45) is 0 Å². The number of nitrogens with zero attached hydrogens (tertiary/aromatic N) is 2. The van der Waals surface area contributed by atoms with Crippen molar-refractivity contribution in [3.8, 4) is 11.3 Å². The van der Waals surface area contributed by atoms with Crippen LogP contribution in [0.5, 0.6) is 0 Å². The Morgan fingerprint density at radius 1 is 1.18 bits per heavy atom. The Morgan fingerprint density at radius 2 is 1.91 bits per heavy atom. The smallest absolute Gasteiger partial charge is 0.267 e. The zero-order chi connectivity index (χ0) is 15.7. The van der Waals surface area contributed by atoms with Gasteiger partial charge in [0, 0.05) is 5.69 Å². The monoisotopic (exact) mass is 318 g/mol. The van der Waals surface area contributed by atoms with Gasteiger partial charge in [-0.05, 0) is 31.5 Å². The van der Waals surface area contributed by atoms with E-state index in [4.69, 9.17) is 4.52 Å². The molecule has 0 atom stereocenters. The molecule has 0 radical (unpaired) electrons. The molecule has 0 saturated carbocycles. The third-order valence-electron chi connectivity index (χ3n) is 3.18. The molecule has 2 N–H and O–H groups in total. The number of nitrogens with one attached hydrogen (secondary N) is 2. The van der Waals surface area contributed by atoms with Crippen molar-refractivity contribution in [2.75, 3.05) is 4.72 Å². The molecule has 7 nitrogen and oxygen atoms in total. The molecule has 3 aromatic rings. The first-order chi connectivity index (χ1) is 10.5. The van der Waals surface area contributed by atoms with E-state index in [1.54, 1.807) is 50.6 Å². The Balaban J connectivity index is 1.87. The van der Waals surface area contributed by atoms with E-state index in [1.807, 2.05) is 0 Å². The van der Waals surface area contributed by atoms with Gasteiger partial charge in [0.15, 0.2) is 10.7 Å². The van der Waals surface area contributed by atoms with Crippen molar-refractivity contribution in [1.29, 1.82) is 0 Å². The van der Waals surface area contributed by atoms with Gasteiger partial charge in [-0.3, -0.25) is 4.72 Å². The van der Waals surface area contributed by atoms with Crippen molar-refractivity contribution in [2.45, 2.75) is 18.7 Å². The van der Waals surface area contributed by atoms with Crippen LogP contribution in [0.1, 0.15) is 11.5 Å². The molecule has 0 aliphatic heterocycles. The quantitative estimate of drug-likeness (QED) is 0.769. The van der Waals surface area contributed by atoms with Crippen LogP contribution in [0, 0.1) is 13.8 Å². The molecule has 1 aromatic carbocycles. The van der Waals surface area contributed by atoms with Gasteiger partial charge in [-0.2, -0.15) is 0 Å². The molecule has 3 rings (SSSR count). The highest BCUT2D eigenvalue weighted by atomic mass is 32.2. The highest BCUT2D eigenvalue weighted by molar-refractivity contribution is 7.92. The van der Waals surface area contributed by atoms with Crippen LogP contribution in [-0.4, -0.2) is 23.5 Å². The van der Waals surface area contributed by atoms with Crippen LogP contribution in [0.4, 0.5) is 5.69 Å². The Kier molecular flexibility index (Phi) is 3.45. The summed E-state index contributed by atoms with van der Waals surface area (Å²) in [7, 11) is -3.72. The molecule has 114 valence electrons. The lowest BCUT2D eigenvalue weighted by atomic mass is 10.1. The lowest BCUT2D eigenvalue weighted by Gasteiger charge is -2.08. The molecular weight excluding hydrogens is 304 g/mol. The summed E-state index contributed by atoms with van der Waals surface area (Å²) in [6.45, 7) is 3.16. The number of H-pyrrole nitrogens is 1. The summed E-state index contributed by atoms with van der Waals surface area (Å²) in [5.41, 5.74) is 2.57. The standard InChI is InChI=1S/C14H14N4O3S/c1-9-14(10(2)21-17-9)22(19,20)18-12-5-3-11(4-6-12)13-7-15-8-16-13/h3-8,18H,1-2H3,(H,15,16). The number of hydrogen-bond donors (Lipinski definition) is 2. The zero-order valence-corrected chi connectivity index (χ0v) is 12.8. The van der Waals surface area contributed by atoms with Crippen molar-refractivity contribution < 1.29 is 12.9 Å². The van der Waals surface area contributed by atoms with Crippen molar-refractivity contribution >= 4 is 15.7 Å². The fourth-order valence-corrected chi connectivity index (χ4v) is 3.59. The first-order valence-corrected chi connectivity index (χ1v) is 8.00. The minimum atomic E-state index is -3.72. The minimum Gasteiger partial charge on any atom is -0.360 e. The normalized spacial score (nSPS) is 11.5. The molecular formula is C14H14N4O3S. The first-order valence-electron chi connectivity index (χ1n) is 6.52. The Morgan fingerprint density at radius 3 is 2.45 bits per heavy atom. The highest BCUT2D eigenvalue weighted by Crippen LogP contribution is 2.24. The first kappa shape index (κ1) is 14.3. The molecule has 22 heavy (non-hydrogen) atoms. The van der Waals surface area contributed by atoms with Crippen LogP contribution in [0.25, 0.3) is 11.3 Å². The molecule has 0 saturated heterocycles. The number of rotatable bonds is 4. The molecule has 0 fully saturated rings. The van der Waals surface area contributed by atoms with E-state index in [1.165, 1.54) is 0 Å². The Hall–Kier alpha value is -2.61. The summed E-state index contributed by atoms with van der Waals surface area (Å²) in [6, 6.07) is 6.98. The largest absolute Gasteiger partial charge is 0.360 e. The predicted octanol–water partition coefficient (Wildman–Crippen LogP) is 2.48. The number of aromatic amines is 1. The number of aromatic nitrogens is 3. The molecule has 2 aromatic heterocycles. The highest BCUT2D eigenvalue weighted by Gasteiger charge is 2.24. The summed E-state index contributed by atoms with van der Waals surface area (Å²) >= 11 is 0. The van der Waals surface area contributed by atoms with Gasteiger partial charge in [0.1, 0.15) is 5.69 Å². The van der Waals surface area contributed by atoms with Crippen LogP contribution >= 0.6 is 0 Å². The van der Waals surface area contributed by atoms with Gasteiger partial charge in [0.05, 0.1) is 18.2 Å². The molecule has 2 heterocycles. The summed E-state index contributed by atoms with van der Waals surface area (Å²) in [5.74, 6) is 0.263. The zero-order valence-electron chi connectivity index (χ0n) is 12.0. The topological polar surface area (TPSA) is 101 Å². The van der Waals surface area contributed by atoms with Gasteiger partial charge >= 0.3 is 0 Å². The van der Waals surface area contributed by atoms with Crippen LogP contribution < -0.4 is 4.72 Å². The molecule has 0 bridgehead atoms. The van der Waals surface area contributed by atoms with E-state index in [0.717, 1.165) is 11.3 Å². The molecule has 0 amide bonds. The number of imidazole rings is 1. The average molecular weight is 318 g/mol. The summed E-state index contributed by atoms with van der Waals surface area (Å²) in [4.78, 5) is 7.01. The van der Waals surface area contributed by atoms with Gasteiger partial charge < -0.3 is 9.51 Å². The Bertz CT molecular complexity index is 861. The van der Waals surface area contributed by atoms with Crippen molar-refractivity contribution in [3.63, 3.8) is 0 Å². The van der Waals surface area contributed by atoms with Crippen LogP contribution in [0.2, 0.25) is 0 Å². The third kappa shape index (κ3) is 2.60. The lowest BCUT2D eigenvalue weighted by molar-refractivity contribution is 0.390. The fraction of sp³-hybridized carbons (Fsp3) is 0.143. The Labute approximate surface area is 127 Å². The number of sulfonamides is 1. The SMILES string of the molecule is Cc1noc(C)c1S(=O)(=O)Nc1ccc(-c2cnc[nH]2)cc1. The van der Waals surface area contributed by atoms with Gasteiger partial charge in [0.2, 0.25) is 0 Å². The average Bonchev–Trinajstić information content (AvgIpc) is 3.09. The van der Waals surface area contributed by atoms with Crippen molar-refractivity contribution in [3.05, 3.63) is 48.2 Å². The lowest BCUT2D eigenvalue weighted by Crippen LogP contribution is -2.14. The number of anilines is 1. The summed E-state index contributed by atoms with van der Waals surface area (Å²) in [5, 5.41) is 3.67. The van der Waals surface area contributed by atoms with E-state index >= 15 is 0 Å². The number of benzene rings is 1. The van der Waals surface area contributed by atoms with Crippen LogP contribution in [0.15, 0.2) is 46.2 Å². The van der Waals surface area contributed by atoms with Gasteiger partial charge in [-0.25, -0.2) is 13.4 Å². The maximum Gasteiger partial charge on any atom is 0.267 e. The molecule has 8 heteroatoms. The van der Waals surface area contributed by atoms with Crippen LogP contribution in [0.3, 0.4) is 0 Å². The van der Waals surface area contributed by atoms with Crippen LogP contribution in [-0.2, 0) is 10.0 Å². The van der Waals surface area contributed by atoms with E-state index in [-0.39, 0.29) is 10.7 Å². The third-order valence-corrected chi connectivity index (χ3v) is 4.81. The molecule has 0 unspecified atom stereocenters. The maximum atomic E-state index is 12.4. The summed E-state index contributed by atoms with van der Waals surface area (Å²) < 4.78 is 32.2. The second kappa shape index (κ2) is 5.30. The molecule has 0 spiro atoms. The minimum absolute atomic E-state index is 0.0742. The number of hydrogen-bond acceptors (Lipinski definition) is 5. The summed E-state index contributed by atoms with van der Waals surface area (Å²) in [6.07, 6.45) is 3.28. The molecule has 0 aliphatic carbocycles. The predicted molar refractivity (Wildman–Crippen MR) is 80.8 cm³/mol. The van der Waals surface area contributed by atoms with E-state index in [9.17, 15) is 8.42 Å².